The number of benzene rings is 3. The van der Waals surface area contributed by atoms with E-state index in [1.54, 1.807) is 0 Å². The predicted octanol–water partition coefficient (Wildman–Crippen LogP) is 7.14. The molecule has 1 heterocycles. The molecule has 3 atom stereocenters. The van der Waals surface area contributed by atoms with Crippen molar-refractivity contribution in [2.75, 3.05) is 0 Å². The van der Waals surface area contributed by atoms with Crippen LogP contribution in [-0.4, -0.2) is 16.2 Å². The Labute approximate surface area is 195 Å². The molecule has 2 fully saturated rings. The highest BCUT2D eigenvalue weighted by molar-refractivity contribution is 5.86. The van der Waals surface area contributed by atoms with Crippen LogP contribution in [0.5, 0.6) is 0 Å². The van der Waals surface area contributed by atoms with E-state index < -0.39 is 0 Å². The third-order valence-electron chi connectivity index (χ3n) is 7.46. The second-order valence-corrected chi connectivity index (χ2v) is 9.87. The molecule has 4 aromatic rings. The van der Waals surface area contributed by atoms with E-state index in [0.717, 1.165) is 17.3 Å². The molecule has 0 bridgehead atoms. The topological polar surface area (TPSA) is 51.0 Å². The fraction of sp³-hybridized carbons (Fsp3) is 0.379. The summed E-state index contributed by atoms with van der Waals surface area (Å²) in [6, 6.07) is 25.1. The smallest absolute Gasteiger partial charge is 0.230 e. The zero-order valence-electron chi connectivity index (χ0n) is 19.2. The summed E-state index contributed by atoms with van der Waals surface area (Å²) in [5.41, 5.74) is 3.86. The van der Waals surface area contributed by atoms with Crippen molar-refractivity contribution in [3.63, 3.8) is 0 Å². The van der Waals surface area contributed by atoms with Crippen LogP contribution >= 0.6 is 0 Å². The molecule has 2 aliphatic rings. The molecule has 0 spiro atoms. The van der Waals surface area contributed by atoms with Gasteiger partial charge in [-0.25, -0.2) is 0 Å². The van der Waals surface area contributed by atoms with Gasteiger partial charge in [0.05, 0.1) is 0 Å². The van der Waals surface area contributed by atoms with Crippen molar-refractivity contribution in [2.24, 2.45) is 0 Å². The zero-order chi connectivity index (χ0) is 22.2. The summed E-state index contributed by atoms with van der Waals surface area (Å²) in [7, 11) is 0. The van der Waals surface area contributed by atoms with E-state index >= 15 is 0 Å². The highest BCUT2D eigenvalue weighted by atomic mass is 16.5. The highest BCUT2D eigenvalue weighted by Gasteiger charge is 2.30. The van der Waals surface area contributed by atoms with Gasteiger partial charge in [0.1, 0.15) is 0 Å². The van der Waals surface area contributed by atoms with Gasteiger partial charge in [-0.1, -0.05) is 78.3 Å². The van der Waals surface area contributed by atoms with Gasteiger partial charge in [0.25, 0.3) is 0 Å². The maximum absolute atomic E-state index is 5.43. The number of fused-ring (bicyclic) bond motifs is 1. The van der Waals surface area contributed by atoms with Gasteiger partial charge in [-0.3, -0.25) is 0 Å². The summed E-state index contributed by atoms with van der Waals surface area (Å²) in [4.78, 5) is 4.59. The molecule has 1 unspecified atom stereocenters. The first-order valence-electron chi connectivity index (χ1n) is 12.4. The van der Waals surface area contributed by atoms with Crippen LogP contribution in [0.4, 0.5) is 0 Å². The minimum Gasteiger partial charge on any atom is -0.339 e. The monoisotopic (exact) mass is 437 g/mol. The first-order valence-corrected chi connectivity index (χ1v) is 12.4. The molecule has 3 aromatic carbocycles. The molecule has 4 heteroatoms. The maximum atomic E-state index is 5.43. The molecule has 2 saturated carbocycles. The number of nitrogens with one attached hydrogen (secondary N) is 1. The molecule has 0 saturated heterocycles. The average Bonchev–Trinajstić information content (AvgIpc) is 3.60. The number of hydrogen-bond donors (Lipinski definition) is 1. The molecule has 33 heavy (non-hydrogen) atoms. The maximum Gasteiger partial charge on any atom is 0.230 e. The summed E-state index contributed by atoms with van der Waals surface area (Å²) in [5, 5.41) is 10.8. The van der Waals surface area contributed by atoms with Gasteiger partial charge in [-0.2, -0.15) is 4.98 Å². The summed E-state index contributed by atoms with van der Waals surface area (Å²) in [6.45, 7) is 2.31. The molecule has 0 amide bonds. The van der Waals surface area contributed by atoms with Crippen LogP contribution in [0.3, 0.4) is 0 Å². The first kappa shape index (κ1) is 20.6. The van der Waals surface area contributed by atoms with Gasteiger partial charge >= 0.3 is 0 Å². The van der Waals surface area contributed by atoms with Crippen molar-refractivity contribution in [1.82, 2.24) is 15.5 Å². The van der Waals surface area contributed by atoms with E-state index in [-0.39, 0.29) is 0 Å². The van der Waals surface area contributed by atoms with Crippen molar-refractivity contribution in [2.45, 2.75) is 69.4 Å². The van der Waals surface area contributed by atoms with Crippen molar-refractivity contribution >= 4 is 10.8 Å². The Morgan fingerprint density at radius 3 is 2.55 bits per heavy atom. The van der Waals surface area contributed by atoms with Gasteiger partial charge < -0.3 is 9.84 Å². The van der Waals surface area contributed by atoms with Crippen LogP contribution in [0, 0.1) is 0 Å². The average molecular weight is 438 g/mol. The van der Waals surface area contributed by atoms with Crippen LogP contribution in [0.25, 0.3) is 22.2 Å². The van der Waals surface area contributed by atoms with E-state index in [1.807, 2.05) is 0 Å². The van der Waals surface area contributed by atoms with Gasteiger partial charge in [0, 0.05) is 23.6 Å². The number of aromatic nitrogens is 2. The molecule has 1 aromatic heterocycles. The Morgan fingerprint density at radius 2 is 1.70 bits per heavy atom. The molecular weight excluding hydrogens is 406 g/mol. The Bertz CT molecular complexity index is 1240. The Hall–Kier alpha value is -2.98. The fourth-order valence-electron chi connectivity index (χ4n) is 5.47. The minimum absolute atomic E-state index is 0.334. The molecule has 6 rings (SSSR count). The van der Waals surface area contributed by atoms with Crippen molar-refractivity contribution < 1.29 is 4.52 Å². The molecule has 0 radical (unpaired) electrons. The van der Waals surface area contributed by atoms with E-state index in [2.05, 4.69) is 89.1 Å². The molecule has 168 valence electrons. The van der Waals surface area contributed by atoms with Crippen molar-refractivity contribution in [1.29, 1.82) is 0 Å². The number of hydrogen-bond acceptors (Lipinski definition) is 4. The minimum atomic E-state index is 0.334. The van der Waals surface area contributed by atoms with Crippen LogP contribution in [0.15, 0.2) is 71.3 Å². The molecule has 4 nitrogen and oxygen atoms in total. The molecular formula is C29H31N3O. The Morgan fingerprint density at radius 1 is 0.879 bits per heavy atom. The lowest BCUT2D eigenvalue weighted by atomic mass is 9.80. The second kappa shape index (κ2) is 8.75. The molecule has 2 aliphatic carbocycles. The second-order valence-electron chi connectivity index (χ2n) is 9.87. The number of nitrogens with zero attached hydrogens (tertiary/aromatic N) is 2. The van der Waals surface area contributed by atoms with Crippen molar-refractivity contribution in [3.05, 3.63) is 83.7 Å². The zero-order valence-corrected chi connectivity index (χ0v) is 19.2. The summed E-state index contributed by atoms with van der Waals surface area (Å²) >= 11 is 0. The van der Waals surface area contributed by atoms with Crippen molar-refractivity contribution in [3.8, 4) is 11.4 Å². The Kier molecular flexibility index (Phi) is 5.47. The van der Waals surface area contributed by atoms with E-state index in [9.17, 15) is 0 Å². The van der Waals surface area contributed by atoms with Crippen LogP contribution in [-0.2, 0) is 0 Å². The van der Waals surface area contributed by atoms with Crippen LogP contribution in [0.2, 0.25) is 0 Å². The lowest BCUT2D eigenvalue weighted by Crippen LogP contribution is -2.35. The SMILES string of the molecule is C[C@@H](NC1CCC[C@H](c2ccc(-c3noc(C4CC4)n3)cc2)C1)c1cccc2ccccc12. The number of rotatable bonds is 6. The van der Waals surface area contributed by atoms with E-state index in [0.29, 0.717) is 23.9 Å². The molecule has 0 aliphatic heterocycles. The van der Waals surface area contributed by atoms with Gasteiger partial charge in [-0.05, 0) is 66.8 Å². The summed E-state index contributed by atoms with van der Waals surface area (Å²) in [6.07, 6.45) is 7.31. The predicted molar refractivity (Wildman–Crippen MR) is 132 cm³/mol. The van der Waals surface area contributed by atoms with Gasteiger partial charge in [0.15, 0.2) is 0 Å². The van der Waals surface area contributed by atoms with Crippen LogP contribution < -0.4 is 5.32 Å². The first-order chi connectivity index (χ1) is 16.2. The fourth-order valence-corrected chi connectivity index (χ4v) is 5.47. The summed E-state index contributed by atoms with van der Waals surface area (Å²) in [5.74, 6) is 2.61. The lowest BCUT2D eigenvalue weighted by molar-refractivity contribution is 0.319. The summed E-state index contributed by atoms with van der Waals surface area (Å²) < 4.78 is 5.43. The standard InChI is InChI=1S/C29H31N3O/c1-19(26-11-5-7-21-6-2-3-10-27(21)26)30-25-9-4-8-24(18-25)20-12-14-22(15-13-20)28-31-29(33-32-28)23-16-17-23/h2-3,5-7,10-15,19,23-25,30H,4,8-9,16-18H2,1H3/t19-,24+,25?/m1/s1. The largest absolute Gasteiger partial charge is 0.339 e. The lowest BCUT2D eigenvalue weighted by Gasteiger charge is -2.32. The normalized spacial score (nSPS) is 21.8. The third kappa shape index (κ3) is 4.32. The van der Waals surface area contributed by atoms with Gasteiger partial charge in [0.2, 0.25) is 11.7 Å². The molecule has 1 N–H and O–H groups in total. The van der Waals surface area contributed by atoms with E-state index in [4.69, 9.17) is 4.52 Å². The highest BCUT2D eigenvalue weighted by Crippen LogP contribution is 2.40. The Balaban J connectivity index is 1.13. The van der Waals surface area contributed by atoms with E-state index in [1.165, 1.54) is 60.4 Å². The van der Waals surface area contributed by atoms with Gasteiger partial charge in [-0.15, -0.1) is 0 Å². The third-order valence-corrected chi connectivity index (χ3v) is 7.46. The van der Waals surface area contributed by atoms with Crippen LogP contribution in [0.1, 0.15) is 80.3 Å². The quantitative estimate of drug-likeness (QED) is 0.348.